The second-order valence-electron chi connectivity index (χ2n) is 6.14. The van der Waals surface area contributed by atoms with Crippen LogP contribution in [0.4, 0.5) is 0 Å². The third-order valence-electron chi connectivity index (χ3n) is 3.96. The summed E-state index contributed by atoms with van der Waals surface area (Å²) in [6, 6.07) is 14.3. The van der Waals surface area contributed by atoms with Crippen molar-refractivity contribution in [1.82, 2.24) is 10.6 Å². The van der Waals surface area contributed by atoms with E-state index >= 15 is 0 Å². The summed E-state index contributed by atoms with van der Waals surface area (Å²) in [6.45, 7) is 6.21. The van der Waals surface area contributed by atoms with Crippen molar-refractivity contribution in [3.8, 4) is 11.5 Å². The van der Waals surface area contributed by atoms with Gasteiger partial charge in [0.25, 0.3) is 5.91 Å². The molecular weight excluding hydrogens is 328 g/mol. The standard InChI is InChI=1S/C21H28N2O3/c1-4-23-21(24)15-26-19-9-8-18(13-20(19)25-3)14-22-11-10-17-7-5-6-16(2)12-17/h5-9,12-13,22H,4,10-11,14-15H2,1-3H3,(H,23,24). The van der Waals surface area contributed by atoms with Crippen molar-refractivity contribution in [2.75, 3.05) is 26.8 Å². The molecule has 2 aromatic rings. The molecule has 2 N–H and O–H groups in total. The van der Waals surface area contributed by atoms with Crippen LogP contribution in [0.2, 0.25) is 0 Å². The molecule has 0 heterocycles. The molecule has 0 spiro atoms. The van der Waals surface area contributed by atoms with E-state index in [1.54, 1.807) is 7.11 Å². The Morgan fingerprint density at radius 3 is 2.65 bits per heavy atom. The molecule has 1 amide bonds. The van der Waals surface area contributed by atoms with Crippen LogP contribution in [0.5, 0.6) is 11.5 Å². The van der Waals surface area contributed by atoms with Crippen LogP contribution in [-0.2, 0) is 17.8 Å². The van der Waals surface area contributed by atoms with Crippen LogP contribution in [0.25, 0.3) is 0 Å². The van der Waals surface area contributed by atoms with Gasteiger partial charge < -0.3 is 20.1 Å². The molecular formula is C21H28N2O3. The van der Waals surface area contributed by atoms with E-state index in [0.717, 1.165) is 25.1 Å². The first kappa shape index (κ1) is 19.8. The minimum Gasteiger partial charge on any atom is -0.493 e. The van der Waals surface area contributed by atoms with Crippen LogP contribution in [0.15, 0.2) is 42.5 Å². The number of hydrogen-bond acceptors (Lipinski definition) is 4. The fourth-order valence-electron chi connectivity index (χ4n) is 2.67. The van der Waals surface area contributed by atoms with Crippen molar-refractivity contribution >= 4 is 5.91 Å². The van der Waals surface area contributed by atoms with Crippen molar-refractivity contribution in [2.45, 2.75) is 26.8 Å². The molecule has 0 atom stereocenters. The van der Waals surface area contributed by atoms with E-state index < -0.39 is 0 Å². The van der Waals surface area contributed by atoms with Crippen molar-refractivity contribution in [1.29, 1.82) is 0 Å². The largest absolute Gasteiger partial charge is 0.493 e. The lowest BCUT2D eigenvalue weighted by Gasteiger charge is -2.12. The van der Waals surface area contributed by atoms with E-state index in [-0.39, 0.29) is 12.5 Å². The number of carbonyl (C=O) groups excluding carboxylic acids is 1. The Kier molecular flexibility index (Phi) is 7.96. The highest BCUT2D eigenvalue weighted by molar-refractivity contribution is 5.77. The minimum atomic E-state index is -0.142. The molecule has 0 saturated heterocycles. The van der Waals surface area contributed by atoms with Gasteiger partial charge in [-0.1, -0.05) is 35.9 Å². The van der Waals surface area contributed by atoms with Gasteiger partial charge in [-0.25, -0.2) is 0 Å². The van der Waals surface area contributed by atoms with Crippen molar-refractivity contribution in [2.24, 2.45) is 0 Å². The number of hydrogen-bond donors (Lipinski definition) is 2. The molecule has 0 saturated carbocycles. The number of rotatable bonds is 10. The molecule has 2 rings (SSSR count). The molecule has 0 unspecified atom stereocenters. The first-order valence-corrected chi connectivity index (χ1v) is 8.95. The van der Waals surface area contributed by atoms with E-state index in [1.165, 1.54) is 11.1 Å². The summed E-state index contributed by atoms with van der Waals surface area (Å²) in [5.74, 6) is 1.06. The fraction of sp³-hybridized carbons (Fsp3) is 0.381. The van der Waals surface area contributed by atoms with Crippen LogP contribution in [-0.4, -0.2) is 32.7 Å². The summed E-state index contributed by atoms with van der Waals surface area (Å²) >= 11 is 0. The van der Waals surface area contributed by atoms with Gasteiger partial charge in [0.2, 0.25) is 0 Å². The number of likely N-dealkylation sites (N-methyl/N-ethyl adjacent to an activating group) is 1. The second-order valence-corrected chi connectivity index (χ2v) is 6.14. The van der Waals surface area contributed by atoms with Crippen LogP contribution in [0, 0.1) is 6.92 Å². The van der Waals surface area contributed by atoms with Gasteiger partial charge in [0.05, 0.1) is 7.11 Å². The number of nitrogens with one attached hydrogen (secondary N) is 2. The van der Waals surface area contributed by atoms with Crippen molar-refractivity contribution in [3.63, 3.8) is 0 Å². The van der Waals surface area contributed by atoms with Crippen LogP contribution >= 0.6 is 0 Å². The first-order chi connectivity index (χ1) is 12.6. The SMILES string of the molecule is CCNC(=O)COc1ccc(CNCCc2cccc(C)c2)cc1OC. The Hall–Kier alpha value is -2.53. The number of amides is 1. The van der Waals surface area contributed by atoms with E-state index in [4.69, 9.17) is 9.47 Å². The molecule has 0 fully saturated rings. The highest BCUT2D eigenvalue weighted by atomic mass is 16.5. The predicted molar refractivity (Wildman–Crippen MR) is 104 cm³/mol. The molecule has 140 valence electrons. The summed E-state index contributed by atoms with van der Waals surface area (Å²) in [6.07, 6.45) is 0.993. The zero-order chi connectivity index (χ0) is 18.8. The van der Waals surface area contributed by atoms with E-state index in [0.29, 0.717) is 18.0 Å². The first-order valence-electron chi connectivity index (χ1n) is 8.95. The van der Waals surface area contributed by atoms with E-state index in [2.05, 4.69) is 41.8 Å². The summed E-state index contributed by atoms with van der Waals surface area (Å²) in [4.78, 5) is 11.5. The number of ether oxygens (including phenoxy) is 2. The number of carbonyl (C=O) groups is 1. The fourth-order valence-corrected chi connectivity index (χ4v) is 2.67. The quantitative estimate of drug-likeness (QED) is 0.643. The zero-order valence-electron chi connectivity index (χ0n) is 15.8. The molecule has 0 radical (unpaired) electrons. The summed E-state index contributed by atoms with van der Waals surface area (Å²) < 4.78 is 10.9. The third kappa shape index (κ3) is 6.41. The normalized spacial score (nSPS) is 10.4. The minimum absolute atomic E-state index is 0.0156. The van der Waals surface area contributed by atoms with Gasteiger partial charge >= 0.3 is 0 Å². The number of methoxy groups -OCH3 is 1. The highest BCUT2D eigenvalue weighted by Gasteiger charge is 2.08. The van der Waals surface area contributed by atoms with Crippen molar-refractivity contribution < 1.29 is 14.3 Å². The summed E-state index contributed by atoms with van der Waals surface area (Å²) in [5.41, 5.74) is 3.73. The Bertz CT molecular complexity index is 716. The predicted octanol–water partition coefficient (Wildman–Crippen LogP) is 2.85. The van der Waals surface area contributed by atoms with Gasteiger partial charge in [0, 0.05) is 13.1 Å². The smallest absolute Gasteiger partial charge is 0.257 e. The maximum Gasteiger partial charge on any atom is 0.257 e. The second kappa shape index (κ2) is 10.5. The molecule has 0 bridgehead atoms. The molecule has 0 aliphatic rings. The number of aryl methyl sites for hydroxylation is 1. The molecule has 26 heavy (non-hydrogen) atoms. The molecule has 0 aromatic heterocycles. The monoisotopic (exact) mass is 356 g/mol. The third-order valence-corrected chi connectivity index (χ3v) is 3.96. The van der Waals surface area contributed by atoms with Gasteiger partial charge in [-0.05, 0) is 50.1 Å². The molecule has 5 nitrogen and oxygen atoms in total. The molecule has 0 aliphatic carbocycles. The highest BCUT2D eigenvalue weighted by Crippen LogP contribution is 2.28. The topological polar surface area (TPSA) is 59.6 Å². The van der Waals surface area contributed by atoms with Gasteiger partial charge in [-0.3, -0.25) is 4.79 Å². The molecule has 0 aliphatic heterocycles. The Labute approximate surface area is 155 Å². The Balaban J connectivity index is 1.83. The van der Waals surface area contributed by atoms with E-state index in [9.17, 15) is 4.79 Å². The lowest BCUT2D eigenvalue weighted by atomic mass is 10.1. The lowest BCUT2D eigenvalue weighted by Crippen LogP contribution is -2.28. The van der Waals surface area contributed by atoms with Crippen LogP contribution < -0.4 is 20.1 Å². The molecule has 2 aromatic carbocycles. The average molecular weight is 356 g/mol. The van der Waals surface area contributed by atoms with Gasteiger partial charge in [0.15, 0.2) is 18.1 Å². The van der Waals surface area contributed by atoms with Gasteiger partial charge in [0.1, 0.15) is 0 Å². The van der Waals surface area contributed by atoms with Crippen LogP contribution in [0.3, 0.4) is 0 Å². The average Bonchev–Trinajstić information content (AvgIpc) is 2.64. The Morgan fingerprint density at radius 2 is 1.92 bits per heavy atom. The lowest BCUT2D eigenvalue weighted by molar-refractivity contribution is -0.123. The van der Waals surface area contributed by atoms with Crippen LogP contribution in [0.1, 0.15) is 23.6 Å². The maximum atomic E-state index is 11.5. The van der Waals surface area contributed by atoms with Gasteiger partial charge in [-0.2, -0.15) is 0 Å². The maximum absolute atomic E-state index is 11.5. The van der Waals surface area contributed by atoms with E-state index in [1.807, 2.05) is 25.1 Å². The Morgan fingerprint density at radius 1 is 1.08 bits per heavy atom. The zero-order valence-corrected chi connectivity index (χ0v) is 15.8. The van der Waals surface area contributed by atoms with Crippen molar-refractivity contribution in [3.05, 3.63) is 59.2 Å². The number of benzene rings is 2. The summed E-state index contributed by atoms with van der Waals surface area (Å²) in [7, 11) is 1.60. The molecule has 5 heteroatoms. The van der Waals surface area contributed by atoms with Gasteiger partial charge in [-0.15, -0.1) is 0 Å². The summed E-state index contributed by atoms with van der Waals surface area (Å²) in [5, 5.41) is 6.15.